The van der Waals surface area contributed by atoms with Crippen LogP contribution in [0.2, 0.25) is 0 Å². The van der Waals surface area contributed by atoms with Crippen LogP contribution in [0.1, 0.15) is 30.9 Å². The van der Waals surface area contributed by atoms with Crippen LogP contribution in [-0.2, 0) is 0 Å². The lowest BCUT2D eigenvalue weighted by atomic mass is 9.97. The van der Waals surface area contributed by atoms with Gasteiger partial charge in [-0.15, -0.1) is 0 Å². The lowest BCUT2D eigenvalue weighted by Crippen LogP contribution is -2.26. The van der Waals surface area contributed by atoms with Gasteiger partial charge in [-0.2, -0.15) is 4.39 Å². The molecule has 1 heterocycles. The summed E-state index contributed by atoms with van der Waals surface area (Å²) in [4.78, 5) is 9.92. The maximum absolute atomic E-state index is 13.1. The molecule has 0 radical (unpaired) electrons. The van der Waals surface area contributed by atoms with E-state index >= 15 is 0 Å². The van der Waals surface area contributed by atoms with Gasteiger partial charge >= 0.3 is 5.69 Å². The van der Waals surface area contributed by atoms with Crippen molar-refractivity contribution < 1.29 is 9.31 Å². The molecule has 1 atom stereocenters. The van der Waals surface area contributed by atoms with Gasteiger partial charge in [0.2, 0.25) is 5.82 Å². The van der Waals surface area contributed by atoms with Gasteiger partial charge in [0, 0.05) is 12.1 Å². The minimum atomic E-state index is -0.774. The number of nitro benzene ring substituents is 1. The number of piperidine rings is 1. The number of nitro groups is 1. The minimum absolute atomic E-state index is 0.119. The SMILES string of the molecule is O=[N+]([O-])c1cc([C@@H]2CCCCN2)ccc1F. The first-order valence-corrected chi connectivity index (χ1v) is 5.35. The number of halogens is 1. The van der Waals surface area contributed by atoms with Crippen molar-refractivity contribution in [1.29, 1.82) is 0 Å². The number of nitrogens with zero attached hydrogens (tertiary/aromatic N) is 1. The molecule has 0 aliphatic carbocycles. The molecule has 0 aromatic heterocycles. The Kier molecular flexibility index (Phi) is 3.14. The molecular weight excluding hydrogens is 211 g/mol. The number of rotatable bonds is 2. The van der Waals surface area contributed by atoms with Gasteiger partial charge in [0.05, 0.1) is 4.92 Å². The maximum atomic E-state index is 13.1. The molecule has 16 heavy (non-hydrogen) atoms. The molecule has 1 saturated heterocycles. The van der Waals surface area contributed by atoms with Gasteiger partial charge in [-0.3, -0.25) is 10.1 Å². The van der Waals surface area contributed by atoms with Crippen LogP contribution in [0.4, 0.5) is 10.1 Å². The Hall–Kier alpha value is -1.49. The largest absolute Gasteiger partial charge is 0.310 e. The lowest BCUT2D eigenvalue weighted by Gasteiger charge is -2.23. The fraction of sp³-hybridized carbons (Fsp3) is 0.455. The summed E-state index contributed by atoms with van der Waals surface area (Å²) in [5.41, 5.74) is 0.359. The van der Waals surface area contributed by atoms with E-state index in [1.54, 1.807) is 6.07 Å². The highest BCUT2D eigenvalue weighted by atomic mass is 19.1. The third-order valence-corrected chi connectivity index (χ3v) is 2.88. The molecule has 0 bridgehead atoms. The fourth-order valence-electron chi connectivity index (χ4n) is 2.02. The molecule has 1 aromatic carbocycles. The molecule has 1 aliphatic heterocycles. The third kappa shape index (κ3) is 2.19. The van der Waals surface area contributed by atoms with E-state index in [0.717, 1.165) is 31.4 Å². The minimum Gasteiger partial charge on any atom is -0.310 e. The molecule has 1 fully saturated rings. The van der Waals surface area contributed by atoms with Gasteiger partial charge in [-0.1, -0.05) is 12.5 Å². The normalized spacial score (nSPS) is 20.7. The van der Waals surface area contributed by atoms with Crippen LogP contribution in [0.25, 0.3) is 0 Å². The van der Waals surface area contributed by atoms with E-state index in [-0.39, 0.29) is 6.04 Å². The highest BCUT2D eigenvalue weighted by Gasteiger charge is 2.20. The average Bonchev–Trinajstić information content (AvgIpc) is 2.30. The molecule has 0 amide bonds. The number of benzene rings is 1. The number of hydrogen-bond donors (Lipinski definition) is 1. The monoisotopic (exact) mass is 224 g/mol. The second-order valence-corrected chi connectivity index (χ2v) is 3.97. The summed E-state index contributed by atoms with van der Waals surface area (Å²) in [6.45, 7) is 0.913. The van der Waals surface area contributed by atoms with Crippen molar-refractivity contribution in [2.45, 2.75) is 25.3 Å². The summed E-state index contributed by atoms with van der Waals surface area (Å²) < 4.78 is 13.1. The van der Waals surface area contributed by atoms with Gasteiger partial charge in [-0.25, -0.2) is 0 Å². The van der Waals surface area contributed by atoms with Crippen LogP contribution in [0, 0.1) is 15.9 Å². The van der Waals surface area contributed by atoms with E-state index in [0.29, 0.717) is 0 Å². The van der Waals surface area contributed by atoms with Crippen molar-refractivity contribution >= 4 is 5.69 Å². The Bertz CT molecular complexity index is 403. The molecule has 1 aromatic rings. The molecular formula is C11H13FN2O2. The first kappa shape index (κ1) is 11.0. The zero-order valence-electron chi connectivity index (χ0n) is 8.78. The van der Waals surface area contributed by atoms with Crippen molar-refractivity contribution in [1.82, 2.24) is 5.32 Å². The van der Waals surface area contributed by atoms with E-state index in [1.807, 2.05) is 0 Å². The van der Waals surface area contributed by atoms with Crippen LogP contribution in [-0.4, -0.2) is 11.5 Å². The Balaban J connectivity index is 2.27. The number of hydrogen-bond acceptors (Lipinski definition) is 3. The molecule has 0 saturated carbocycles. The Morgan fingerprint density at radius 1 is 1.44 bits per heavy atom. The molecule has 5 heteroatoms. The van der Waals surface area contributed by atoms with Gasteiger partial charge in [0.15, 0.2) is 0 Å². The zero-order valence-corrected chi connectivity index (χ0v) is 8.78. The van der Waals surface area contributed by atoms with Gasteiger partial charge in [0.1, 0.15) is 0 Å². The second kappa shape index (κ2) is 4.57. The van der Waals surface area contributed by atoms with Crippen LogP contribution in [0.3, 0.4) is 0 Å². The smallest absolute Gasteiger partial charge is 0.305 e. The van der Waals surface area contributed by atoms with E-state index in [4.69, 9.17) is 0 Å². The topological polar surface area (TPSA) is 55.2 Å². The summed E-state index contributed by atoms with van der Waals surface area (Å²) in [5, 5.41) is 13.9. The summed E-state index contributed by atoms with van der Waals surface area (Å²) in [6.07, 6.45) is 3.17. The molecule has 86 valence electrons. The molecule has 1 N–H and O–H groups in total. The van der Waals surface area contributed by atoms with Crippen LogP contribution >= 0.6 is 0 Å². The Morgan fingerprint density at radius 3 is 2.88 bits per heavy atom. The summed E-state index contributed by atoms with van der Waals surface area (Å²) in [7, 11) is 0. The summed E-state index contributed by atoms with van der Waals surface area (Å²) in [6, 6.07) is 4.24. The summed E-state index contributed by atoms with van der Waals surface area (Å²) >= 11 is 0. The molecule has 2 rings (SSSR count). The van der Waals surface area contributed by atoms with E-state index in [1.165, 1.54) is 12.1 Å². The van der Waals surface area contributed by atoms with Gasteiger partial charge in [-0.05, 0) is 31.0 Å². The lowest BCUT2D eigenvalue weighted by molar-refractivity contribution is -0.387. The Labute approximate surface area is 92.6 Å². The van der Waals surface area contributed by atoms with Crippen LogP contribution in [0.15, 0.2) is 18.2 Å². The number of nitrogens with one attached hydrogen (secondary N) is 1. The van der Waals surface area contributed by atoms with Crippen molar-refractivity contribution in [2.75, 3.05) is 6.54 Å². The molecule has 4 nitrogen and oxygen atoms in total. The van der Waals surface area contributed by atoms with E-state index in [9.17, 15) is 14.5 Å². The predicted molar refractivity (Wildman–Crippen MR) is 57.6 cm³/mol. The standard InChI is InChI=1S/C11H13FN2O2/c12-9-5-4-8(7-11(9)14(15)16)10-3-1-2-6-13-10/h4-5,7,10,13H,1-3,6H2/t10-/m0/s1. The maximum Gasteiger partial charge on any atom is 0.305 e. The molecule has 1 aliphatic rings. The highest BCUT2D eigenvalue weighted by Crippen LogP contribution is 2.27. The van der Waals surface area contributed by atoms with Gasteiger partial charge in [0.25, 0.3) is 0 Å². The van der Waals surface area contributed by atoms with Crippen molar-refractivity contribution in [3.8, 4) is 0 Å². The third-order valence-electron chi connectivity index (χ3n) is 2.88. The van der Waals surface area contributed by atoms with Crippen molar-refractivity contribution in [2.24, 2.45) is 0 Å². The Morgan fingerprint density at radius 2 is 2.25 bits per heavy atom. The quantitative estimate of drug-likeness (QED) is 0.620. The van der Waals surface area contributed by atoms with Crippen molar-refractivity contribution in [3.63, 3.8) is 0 Å². The van der Waals surface area contributed by atoms with E-state index in [2.05, 4.69) is 5.32 Å². The van der Waals surface area contributed by atoms with Crippen LogP contribution in [0.5, 0.6) is 0 Å². The van der Waals surface area contributed by atoms with E-state index < -0.39 is 16.4 Å². The predicted octanol–water partition coefficient (Wildman–Crippen LogP) is 2.55. The first-order valence-electron chi connectivity index (χ1n) is 5.35. The molecule has 0 spiro atoms. The van der Waals surface area contributed by atoms with Crippen LogP contribution < -0.4 is 5.32 Å². The second-order valence-electron chi connectivity index (χ2n) is 3.97. The fourth-order valence-corrected chi connectivity index (χ4v) is 2.02. The summed E-state index contributed by atoms with van der Waals surface area (Å²) in [5.74, 6) is -0.774. The molecule has 0 unspecified atom stereocenters. The zero-order chi connectivity index (χ0) is 11.5. The first-order chi connectivity index (χ1) is 7.68. The average molecular weight is 224 g/mol. The highest BCUT2D eigenvalue weighted by molar-refractivity contribution is 5.37. The van der Waals surface area contributed by atoms with Crippen molar-refractivity contribution in [3.05, 3.63) is 39.7 Å². The van der Waals surface area contributed by atoms with Gasteiger partial charge < -0.3 is 5.32 Å².